The third-order valence-electron chi connectivity index (χ3n) is 6.96. The molecule has 170 valence electrons. The van der Waals surface area contributed by atoms with Crippen LogP contribution in [0.15, 0.2) is 23.2 Å². The van der Waals surface area contributed by atoms with Crippen LogP contribution in [0, 0.1) is 13.8 Å². The van der Waals surface area contributed by atoms with E-state index in [0.717, 1.165) is 44.2 Å². The molecule has 0 aliphatic carbocycles. The standard InChI is InChI=1S/C23H31N6O3/c1-16-5-6-18(15-17(16)2)27-7-4-8-28-19-20(24-22(27)28)25(3)23(31)29(21(19)30)10-9-26-11-13-32-14-12-26/h5-6,15,19H,4,7-14H2,1-3H3/q+1. The van der Waals surface area contributed by atoms with Gasteiger partial charge >= 0.3 is 12.0 Å². The predicted molar refractivity (Wildman–Crippen MR) is 121 cm³/mol. The lowest BCUT2D eigenvalue weighted by Gasteiger charge is -2.36. The Kier molecular flexibility index (Phi) is 5.46. The van der Waals surface area contributed by atoms with Gasteiger partial charge in [0.05, 0.1) is 26.3 Å². The zero-order chi connectivity index (χ0) is 22.4. The van der Waals surface area contributed by atoms with Gasteiger partial charge in [-0.3, -0.25) is 19.5 Å². The number of fused-ring (bicyclic) bond motifs is 2. The number of hydrogen-bond donors (Lipinski definition) is 0. The maximum Gasteiger partial charge on any atom is 0.397 e. The average molecular weight is 440 g/mol. The highest BCUT2D eigenvalue weighted by atomic mass is 16.5. The van der Waals surface area contributed by atoms with Crippen LogP contribution < -0.4 is 4.90 Å². The molecule has 9 heteroatoms. The van der Waals surface area contributed by atoms with Crippen LogP contribution in [0.4, 0.5) is 10.5 Å². The Morgan fingerprint density at radius 1 is 1.09 bits per heavy atom. The first-order valence-corrected chi connectivity index (χ1v) is 11.4. The van der Waals surface area contributed by atoms with Crippen LogP contribution in [-0.4, -0.2) is 109 Å². The SMILES string of the molecule is Cc1ccc(N2CCC[N+]3=C2N=C2C3C(=O)N(CCN3CCOCC3)C(=O)N2C)cc1C. The van der Waals surface area contributed by atoms with E-state index in [9.17, 15) is 9.59 Å². The van der Waals surface area contributed by atoms with Crippen LogP contribution in [0.5, 0.6) is 0 Å². The number of imide groups is 1. The van der Waals surface area contributed by atoms with Gasteiger partial charge in [0.25, 0.3) is 5.91 Å². The first kappa shape index (κ1) is 21.1. The number of amidine groups is 1. The molecular formula is C23H31N6O3+. The Balaban J connectivity index is 1.42. The smallest absolute Gasteiger partial charge is 0.379 e. The van der Waals surface area contributed by atoms with Gasteiger partial charge in [-0.05, 0) is 37.1 Å². The second kappa shape index (κ2) is 8.29. The van der Waals surface area contributed by atoms with Crippen LogP contribution in [-0.2, 0) is 9.53 Å². The number of aryl methyl sites for hydroxylation is 2. The number of urea groups is 1. The molecule has 0 saturated carbocycles. The van der Waals surface area contributed by atoms with E-state index in [0.29, 0.717) is 32.1 Å². The first-order valence-electron chi connectivity index (χ1n) is 11.4. The molecule has 0 bridgehead atoms. The lowest BCUT2D eigenvalue weighted by atomic mass is 10.1. The van der Waals surface area contributed by atoms with Crippen molar-refractivity contribution in [3.63, 3.8) is 0 Å². The number of anilines is 1. The quantitative estimate of drug-likeness (QED) is 0.652. The molecule has 2 fully saturated rings. The predicted octanol–water partition coefficient (Wildman–Crippen LogP) is 0.889. The van der Waals surface area contributed by atoms with E-state index in [-0.39, 0.29) is 11.9 Å². The summed E-state index contributed by atoms with van der Waals surface area (Å²) in [6, 6.07) is 5.56. The van der Waals surface area contributed by atoms with E-state index < -0.39 is 6.04 Å². The maximum absolute atomic E-state index is 13.5. The third kappa shape index (κ3) is 3.49. The highest BCUT2D eigenvalue weighted by Crippen LogP contribution is 2.27. The van der Waals surface area contributed by atoms with Gasteiger partial charge in [-0.1, -0.05) is 11.1 Å². The maximum atomic E-state index is 13.5. The molecule has 4 aliphatic heterocycles. The fraction of sp³-hybridized carbons (Fsp3) is 0.565. The minimum absolute atomic E-state index is 0.169. The summed E-state index contributed by atoms with van der Waals surface area (Å²) in [5.41, 5.74) is 3.54. The number of rotatable bonds is 4. The molecular weight excluding hydrogens is 408 g/mol. The van der Waals surface area contributed by atoms with E-state index in [1.54, 1.807) is 11.9 Å². The second-order valence-electron chi connectivity index (χ2n) is 8.93. The van der Waals surface area contributed by atoms with Gasteiger partial charge in [-0.2, -0.15) is 0 Å². The van der Waals surface area contributed by atoms with Gasteiger partial charge in [-0.25, -0.2) is 14.3 Å². The summed E-state index contributed by atoms with van der Waals surface area (Å²) < 4.78 is 7.47. The van der Waals surface area contributed by atoms with Gasteiger partial charge < -0.3 is 4.74 Å². The molecule has 4 heterocycles. The number of nitrogens with zero attached hydrogens (tertiary/aromatic N) is 6. The zero-order valence-corrected chi connectivity index (χ0v) is 19.1. The Morgan fingerprint density at radius 3 is 2.62 bits per heavy atom. The van der Waals surface area contributed by atoms with Crippen molar-refractivity contribution in [1.29, 1.82) is 0 Å². The van der Waals surface area contributed by atoms with E-state index in [1.807, 2.05) is 0 Å². The molecule has 9 nitrogen and oxygen atoms in total. The van der Waals surface area contributed by atoms with E-state index in [1.165, 1.54) is 16.0 Å². The van der Waals surface area contributed by atoms with Crippen molar-refractivity contribution in [1.82, 2.24) is 14.7 Å². The largest absolute Gasteiger partial charge is 0.397 e. The number of carbonyl (C=O) groups is 2. The lowest BCUT2D eigenvalue weighted by Crippen LogP contribution is -2.64. The first-order chi connectivity index (χ1) is 15.5. The molecule has 1 unspecified atom stereocenters. The van der Waals surface area contributed by atoms with Crippen molar-refractivity contribution in [3.05, 3.63) is 29.3 Å². The number of morpholine rings is 1. The Bertz CT molecular complexity index is 1010. The van der Waals surface area contributed by atoms with Crippen molar-refractivity contribution in [2.45, 2.75) is 26.3 Å². The van der Waals surface area contributed by atoms with Gasteiger partial charge in [0.1, 0.15) is 5.69 Å². The summed E-state index contributed by atoms with van der Waals surface area (Å²) in [5.74, 6) is 1.13. The number of benzene rings is 1. The molecule has 0 N–H and O–H groups in total. The molecule has 0 spiro atoms. The second-order valence-corrected chi connectivity index (χ2v) is 8.93. The number of likely N-dealkylation sites (N-methyl/N-ethyl adjacent to an activating group) is 1. The van der Waals surface area contributed by atoms with Crippen LogP contribution in [0.3, 0.4) is 0 Å². The minimum Gasteiger partial charge on any atom is -0.379 e. The minimum atomic E-state index is -0.535. The van der Waals surface area contributed by atoms with Crippen molar-refractivity contribution < 1.29 is 18.9 Å². The average Bonchev–Trinajstić information content (AvgIpc) is 3.20. The molecule has 3 amide bonds. The molecule has 1 atom stereocenters. The Hall–Kier alpha value is -2.78. The number of hydrogen-bond acceptors (Lipinski definition) is 6. The molecule has 32 heavy (non-hydrogen) atoms. The summed E-state index contributed by atoms with van der Waals surface area (Å²) in [6.45, 7) is 9.90. The Labute approximate surface area is 188 Å². The zero-order valence-electron chi connectivity index (χ0n) is 19.1. The third-order valence-corrected chi connectivity index (χ3v) is 6.96. The highest BCUT2D eigenvalue weighted by molar-refractivity contribution is 6.24. The number of ether oxygens (including phenoxy) is 1. The number of guanidine groups is 1. The molecule has 0 radical (unpaired) electrons. The fourth-order valence-corrected chi connectivity index (χ4v) is 4.86. The fourth-order valence-electron chi connectivity index (χ4n) is 4.86. The van der Waals surface area contributed by atoms with Gasteiger partial charge in [0.15, 0.2) is 0 Å². The summed E-state index contributed by atoms with van der Waals surface area (Å²) in [7, 11) is 1.72. The van der Waals surface area contributed by atoms with Crippen molar-refractivity contribution >= 4 is 29.4 Å². The summed E-state index contributed by atoms with van der Waals surface area (Å²) in [6.07, 6.45) is 0.925. The van der Waals surface area contributed by atoms with Crippen molar-refractivity contribution in [2.75, 3.05) is 64.4 Å². The van der Waals surface area contributed by atoms with E-state index in [2.05, 4.69) is 46.4 Å². The van der Waals surface area contributed by atoms with Crippen molar-refractivity contribution in [3.8, 4) is 0 Å². The molecule has 1 aromatic carbocycles. The molecule has 1 aromatic rings. The number of carbonyl (C=O) groups excluding carboxylic acids is 2. The molecule has 2 saturated heterocycles. The molecule has 0 aromatic heterocycles. The normalized spacial score (nSPS) is 24.2. The molecule has 5 rings (SSSR count). The van der Waals surface area contributed by atoms with Crippen LogP contribution in [0.2, 0.25) is 0 Å². The van der Waals surface area contributed by atoms with Gasteiger partial charge in [0.2, 0.25) is 11.9 Å². The van der Waals surface area contributed by atoms with Crippen LogP contribution >= 0.6 is 0 Å². The Morgan fingerprint density at radius 2 is 1.88 bits per heavy atom. The summed E-state index contributed by atoms with van der Waals surface area (Å²) in [4.78, 5) is 38.8. The summed E-state index contributed by atoms with van der Waals surface area (Å²) in [5, 5.41) is 0. The van der Waals surface area contributed by atoms with E-state index in [4.69, 9.17) is 9.73 Å². The number of aliphatic imine (C=N–C) groups is 1. The lowest BCUT2D eigenvalue weighted by molar-refractivity contribution is -0.539. The highest BCUT2D eigenvalue weighted by Gasteiger charge is 2.54. The topological polar surface area (TPSA) is 71.7 Å². The summed E-state index contributed by atoms with van der Waals surface area (Å²) >= 11 is 0. The van der Waals surface area contributed by atoms with Crippen LogP contribution in [0.1, 0.15) is 17.5 Å². The van der Waals surface area contributed by atoms with Crippen LogP contribution in [0.25, 0.3) is 0 Å². The van der Waals surface area contributed by atoms with Gasteiger partial charge in [-0.15, -0.1) is 0 Å². The number of amides is 3. The van der Waals surface area contributed by atoms with Gasteiger partial charge in [0, 0.05) is 39.6 Å². The molecule has 4 aliphatic rings. The monoisotopic (exact) mass is 439 g/mol. The van der Waals surface area contributed by atoms with Crippen molar-refractivity contribution in [2.24, 2.45) is 4.99 Å². The van der Waals surface area contributed by atoms with E-state index >= 15 is 0 Å².